The molecule has 4 nitrogen and oxygen atoms in total. The van der Waals surface area contributed by atoms with Crippen molar-refractivity contribution in [1.29, 1.82) is 0 Å². The summed E-state index contributed by atoms with van der Waals surface area (Å²) in [5, 5.41) is 9.84. The van der Waals surface area contributed by atoms with Gasteiger partial charge in [0.2, 0.25) is 0 Å². The number of hydrogen-bond acceptors (Lipinski definition) is 3. The summed E-state index contributed by atoms with van der Waals surface area (Å²) in [6, 6.07) is 10.1. The Balaban J connectivity index is 1.62. The maximum atomic E-state index is 12.3. The summed E-state index contributed by atoms with van der Waals surface area (Å²) < 4.78 is 5.44. The van der Waals surface area contributed by atoms with E-state index in [1.165, 1.54) is 0 Å². The zero-order valence-corrected chi connectivity index (χ0v) is 11.6. The molecule has 3 rings (SSSR count). The first-order valence-corrected chi connectivity index (χ1v) is 7.41. The number of amides is 1. The van der Waals surface area contributed by atoms with Crippen LogP contribution in [0.2, 0.25) is 0 Å². The molecule has 0 aliphatic carbocycles. The van der Waals surface area contributed by atoms with Gasteiger partial charge in [-0.25, -0.2) is 4.79 Å². The van der Waals surface area contributed by atoms with Crippen LogP contribution in [0.25, 0.3) is 0 Å². The Morgan fingerprint density at radius 3 is 2.65 bits per heavy atom. The zero-order chi connectivity index (χ0) is 13.9. The predicted octanol–water partition coefficient (Wildman–Crippen LogP) is 2.70. The summed E-state index contributed by atoms with van der Waals surface area (Å²) >= 11 is 0. The second kappa shape index (κ2) is 5.83. The van der Waals surface area contributed by atoms with E-state index in [2.05, 4.69) is 0 Å². The van der Waals surface area contributed by atoms with E-state index in [1.807, 2.05) is 35.2 Å². The van der Waals surface area contributed by atoms with Crippen LogP contribution in [0.3, 0.4) is 0 Å². The van der Waals surface area contributed by atoms with Gasteiger partial charge in [0.15, 0.2) is 0 Å². The topological polar surface area (TPSA) is 49.8 Å². The molecule has 0 aromatic heterocycles. The van der Waals surface area contributed by atoms with Crippen LogP contribution in [0, 0.1) is 0 Å². The van der Waals surface area contributed by atoms with E-state index in [0.29, 0.717) is 13.0 Å². The van der Waals surface area contributed by atoms with Gasteiger partial charge in [0.05, 0.1) is 6.10 Å². The molecule has 2 heterocycles. The van der Waals surface area contributed by atoms with Crippen molar-refractivity contribution in [3.8, 4) is 0 Å². The van der Waals surface area contributed by atoms with Gasteiger partial charge in [-0.1, -0.05) is 30.3 Å². The van der Waals surface area contributed by atoms with Gasteiger partial charge in [-0.3, -0.25) is 0 Å². The number of benzene rings is 1. The molecule has 2 saturated heterocycles. The number of carbonyl (C=O) groups is 1. The Morgan fingerprint density at radius 1 is 1.15 bits per heavy atom. The van der Waals surface area contributed by atoms with E-state index in [9.17, 15) is 9.90 Å². The first-order chi connectivity index (χ1) is 9.74. The Hall–Kier alpha value is -1.55. The molecule has 1 aromatic carbocycles. The average Bonchev–Trinajstić information content (AvgIpc) is 2.77. The minimum absolute atomic E-state index is 0.153. The smallest absolute Gasteiger partial charge is 0.410 e. The number of hydrogen-bond donors (Lipinski definition) is 1. The minimum atomic E-state index is -0.269. The molecule has 2 aliphatic heterocycles. The fourth-order valence-electron chi connectivity index (χ4n) is 3.38. The molecule has 3 atom stereocenters. The van der Waals surface area contributed by atoms with Gasteiger partial charge < -0.3 is 14.7 Å². The summed E-state index contributed by atoms with van der Waals surface area (Å²) in [5.41, 5.74) is 1.00. The molecule has 2 aliphatic rings. The lowest BCUT2D eigenvalue weighted by molar-refractivity contribution is 0.0752. The lowest BCUT2D eigenvalue weighted by Gasteiger charge is -2.27. The van der Waals surface area contributed by atoms with Crippen molar-refractivity contribution in [2.75, 3.05) is 0 Å². The molecule has 0 spiro atoms. The third kappa shape index (κ3) is 2.80. The molecule has 108 valence electrons. The molecule has 1 aromatic rings. The van der Waals surface area contributed by atoms with Gasteiger partial charge in [0.25, 0.3) is 0 Å². The number of nitrogens with zero attached hydrogens (tertiary/aromatic N) is 1. The molecule has 0 radical (unpaired) electrons. The fraction of sp³-hybridized carbons (Fsp3) is 0.562. The predicted molar refractivity (Wildman–Crippen MR) is 75.1 cm³/mol. The Morgan fingerprint density at radius 2 is 1.85 bits per heavy atom. The summed E-state index contributed by atoms with van der Waals surface area (Å²) in [7, 11) is 0. The second-order valence-corrected chi connectivity index (χ2v) is 5.80. The zero-order valence-electron chi connectivity index (χ0n) is 11.6. The molecule has 0 saturated carbocycles. The molecule has 2 fully saturated rings. The molecule has 1 amide bonds. The number of fused-ring (bicyclic) bond motifs is 2. The first-order valence-electron chi connectivity index (χ1n) is 7.41. The monoisotopic (exact) mass is 275 g/mol. The highest BCUT2D eigenvalue weighted by atomic mass is 16.6. The number of rotatable bonds is 2. The quantitative estimate of drug-likeness (QED) is 0.902. The van der Waals surface area contributed by atoms with Crippen molar-refractivity contribution in [2.45, 2.75) is 56.9 Å². The van der Waals surface area contributed by atoms with E-state index < -0.39 is 0 Å². The molecular formula is C16H21NO3. The van der Waals surface area contributed by atoms with Crippen LogP contribution in [0.4, 0.5) is 4.79 Å². The Bertz CT molecular complexity index is 462. The first kappa shape index (κ1) is 13.4. The lowest BCUT2D eigenvalue weighted by Crippen LogP contribution is -2.40. The van der Waals surface area contributed by atoms with E-state index in [0.717, 1.165) is 31.2 Å². The highest BCUT2D eigenvalue weighted by Gasteiger charge is 2.41. The van der Waals surface area contributed by atoms with Crippen molar-refractivity contribution in [3.05, 3.63) is 35.9 Å². The summed E-state index contributed by atoms with van der Waals surface area (Å²) in [4.78, 5) is 14.2. The largest absolute Gasteiger partial charge is 0.445 e. The second-order valence-electron chi connectivity index (χ2n) is 5.80. The normalized spacial score (nSPS) is 29.1. The van der Waals surface area contributed by atoms with Gasteiger partial charge in [0, 0.05) is 12.1 Å². The number of aliphatic hydroxyl groups excluding tert-OH is 1. The molecule has 1 N–H and O–H groups in total. The SMILES string of the molecule is O=C(OCc1ccccc1)N1C2CCC(O)CC1CC2. The van der Waals surface area contributed by atoms with Gasteiger partial charge in [-0.2, -0.15) is 0 Å². The maximum Gasteiger partial charge on any atom is 0.410 e. The molecule has 4 heteroatoms. The van der Waals surface area contributed by atoms with Crippen molar-refractivity contribution < 1.29 is 14.6 Å². The maximum absolute atomic E-state index is 12.3. The third-order valence-electron chi connectivity index (χ3n) is 4.41. The summed E-state index contributed by atoms with van der Waals surface area (Å²) in [6.07, 6.45) is 3.91. The number of aliphatic hydroxyl groups is 1. The fourth-order valence-corrected chi connectivity index (χ4v) is 3.38. The van der Waals surface area contributed by atoms with Gasteiger partial charge >= 0.3 is 6.09 Å². The number of carbonyl (C=O) groups excluding carboxylic acids is 1. The molecule has 2 bridgehead atoms. The van der Waals surface area contributed by atoms with Crippen LogP contribution >= 0.6 is 0 Å². The Kier molecular flexibility index (Phi) is 3.92. The molecule has 3 unspecified atom stereocenters. The number of ether oxygens (including phenoxy) is 1. The van der Waals surface area contributed by atoms with Crippen LogP contribution in [-0.4, -0.2) is 34.3 Å². The third-order valence-corrected chi connectivity index (χ3v) is 4.41. The standard InChI is InChI=1S/C16H21NO3/c18-15-9-8-13-6-7-14(10-15)17(13)16(19)20-11-12-4-2-1-3-5-12/h1-5,13-15,18H,6-11H2. The van der Waals surface area contributed by atoms with Crippen LogP contribution in [-0.2, 0) is 11.3 Å². The summed E-state index contributed by atoms with van der Waals surface area (Å²) in [5.74, 6) is 0. The summed E-state index contributed by atoms with van der Waals surface area (Å²) in [6.45, 7) is 0.318. The van der Waals surface area contributed by atoms with Gasteiger partial charge in [0.1, 0.15) is 6.61 Å². The van der Waals surface area contributed by atoms with Gasteiger partial charge in [-0.05, 0) is 37.7 Å². The van der Waals surface area contributed by atoms with E-state index in [-0.39, 0.29) is 24.3 Å². The van der Waals surface area contributed by atoms with Crippen LogP contribution in [0.5, 0.6) is 0 Å². The van der Waals surface area contributed by atoms with Crippen LogP contribution in [0.1, 0.15) is 37.7 Å². The van der Waals surface area contributed by atoms with E-state index in [4.69, 9.17) is 4.74 Å². The molecular weight excluding hydrogens is 254 g/mol. The van der Waals surface area contributed by atoms with E-state index in [1.54, 1.807) is 0 Å². The highest BCUT2D eigenvalue weighted by Crippen LogP contribution is 2.34. The van der Waals surface area contributed by atoms with Crippen LogP contribution < -0.4 is 0 Å². The van der Waals surface area contributed by atoms with Gasteiger partial charge in [-0.15, -0.1) is 0 Å². The van der Waals surface area contributed by atoms with Crippen molar-refractivity contribution >= 4 is 6.09 Å². The van der Waals surface area contributed by atoms with Crippen LogP contribution in [0.15, 0.2) is 30.3 Å². The van der Waals surface area contributed by atoms with Crippen molar-refractivity contribution in [2.24, 2.45) is 0 Å². The minimum Gasteiger partial charge on any atom is -0.445 e. The Labute approximate surface area is 119 Å². The van der Waals surface area contributed by atoms with Crippen molar-refractivity contribution in [1.82, 2.24) is 4.90 Å². The average molecular weight is 275 g/mol. The van der Waals surface area contributed by atoms with E-state index >= 15 is 0 Å². The highest BCUT2D eigenvalue weighted by molar-refractivity contribution is 5.69. The lowest BCUT2D eigenvalue weighted by atomic mass is 9.99. The van der Waals surface area contributed by atoms with Crippen molar-refractivity contribution in [3.63, 3.8) is 0 Å². The molecule has 20 heavy (non-hydrogen) atoms.